The molecular weight excluding hydrogens is 456 g/mol. The van der Waals surface area contributed by atoms with E-state index in [1.165, 1.54) is 25.1 Å². The predicted octanol–water partition coefficient (Wildman–Crippen LogP) is 3.67. The molecule has 0 saturated carbocycles. The van der Waals surface area contributed by atoms with Crippen molar-refractivity contribution < 1.29 is 19.1 Å². The van der Waals surface area contributed by atoms with Crippen LogP contribution in [0.25, 0.3) is 10.2 Å². The number of amides is 2. The van der Waals surface area contributed by atoms with Crippen molar-refractivity contribution >= 4 is 44.7 Å². The summed E-state index contributed by atoms with van der Waals surface area (Å²) in [6, 6.07) is 14.1. The largest absolute Gasteiger partial charge is 0.497 e. The Morgan fingerprint density at radius 3 is 2.53 bits per heavy atom. The van der Waals surface area contributed by atoms with Gasteiger partial charge in [0, 0.05) is 11.8 Å². The molecule has 174 valence electrons. The van der Waals surface area contributed by atoms with Crippen LogP contribution in [0, 0.1) is 6.92 Å². The number of hydrogen-bond acceptors (Lipinski definition) is 7. The first-order valence-corrected chi connectivity index (χ1v) is 11.1. The Kier molecular flexibility index (Phi) is 6.60. The van der Waals surface area contributed by atoms with Gasteiger partial charge in [-0.15, -0.1) is 11.3 Å². The van der Waals surface area contributed by atoms with Gasteiger partial charge in [-0.25, -0.2) is 4.98 Å². The van der Waals surface area contributed by atoms with Crippen molar-refractivity contribution in [1.82, 2.24) is 9.55 Å². The van der Waals surface area contributed by atoms with Crippen LogP contribution < -0.4 is 25.7 Å². The molecular formula is C24H22N4O5S. The summed E-state index contributed by atoms with van der Waals surface area (Å²) < 4.78 is 11.7. The predicted molar refractivity (Wildman–Crippen MR) is 131 cm³/mol. The van der Waals surface area contributed by atoms with Crippen molar-refractivity contribution in [3.8, 4) is 11.5 Å². The van der Waals surface area contributed by atoms with Crippen LogP contribution in [0.15, 0.2) is 59.7 Å². The van der Waals surface area contributed by atoms with Crippen molar-refractivity contribution in [3.63, 3.8) is 0 Å². The number of aromatic nitrogens is 2. The van der Waals surface area contributed by atoms with Crippen molar-refractivity contribution in [2.24, 2.45) is 0 Å². The molecule has 2 N–H and O–H groups in total. The SMILES string of the molecule is COc1ccc(OC)c(NC(=O)Cn2cnc3sc(C(=O)Nc4ccccc4)c(C)c3c2=O)c1. The summed E-state index contributed by atoms with van der Waals surface area (Å²) in [7, 11) is 3.01. The van der Waals surface area contributed by atoms with E-state index in [1.54, 1.807) is 37.3 Å². The quantitative estimate of drug-likeness (QED) is 0.419. The molecule has 0 saturated heterocycles. The number of hydrogen-bond donors (Lipinski definition) is 2. The Labute approximate surface area is 199 Å². The fourth-order valence-electron chi connectivity index (χ4n) is 3.45. The van der Waals surface area contributed by atoms with Gasteiger partial charge < -0.3 is 20.1 Å². The van der Waals surface area contributed by atoms with Gasteiger partial charge in [-0.05, 0) is 36.8 Å². The maximum atomic E-state index is 13.1. The van der Waals surface area contributed by atoms with Gasteiger partial charge in [0.05, 0.1) is 36.5 Å². The van der Waals surface area contributed by atoms with Gasteiger partial charge in [0.25, 0.3) is 11.5 Å². The number of ether oxygens (including phenoxy) is 2. The van der Waals surface area contributed by atoms with E-state index in [0.29, 0.717) is 43.5 Å². The highest BCUT2D eigenvalue weighted by Gasteiger charge is 2.20. The third-order valence-electron chi connectivity index (χ3n) is 5.15. The number of para-hydroxylation sites is 1. The summed E-state index contributed by atoms with van der Waals surface area (Å²) in [6.45, 7) is 1.44. The summed E-state index contributed by atoms with van der Waals surface area (Å²) in [4.78, 5) is 43.7. The molecule has 0 aliphatic rings. The van der Waals surface area contributed by atoms with E-state index in [-0.39, 0.29) is 12.5 Å². The van der Waals surface area contributed by atoms with Crippen LogP contribution in [0.4, 0.5) is 11.4 Å². The van der Waals surface area contributed by atoms with Gasteiger partial charge in [-0.2, -0.15) is 0 Å². The number of carbonyl (C=O) groups excluding carboxylic acids is 2. The lowest BCUT2D eigenvalue weighted by Crippen LogP contribution is -2.28. The lowest BCUT2D eigenvalue weighted by Gasteiger charge is -2.12. The maximum Gasteiger partial charge on any atom is 0.266 e. The molecule has 0 spiro atoms. The molecule has 0 fully saturated rings. The van der Waals surface area contributed by atoms with Crippen molar-refractivity contribution in [2.75, 3.05) is 24.9 Å². The van der Waals surface area contributed by atoms with Crippen molar-refractivity contribution in [1.29, 1.82) is 0 Å². The van der Waals surface area contributed by atoms with Gasteiger partial charge in [-0.1, -0.05) is 18.2 Å². The molecule has 2 amide bonds. The average molecular weight is 479 g/mol. The van der Waals surface area contributed by atoms with Crippen LogP contribution in [-0.2, 0) is 11.3 Å². The summed E-state index contributed by atoms with van der Waals surface area (Å²) in [6.07, 6.45) is 1.31. The van der Waals surface area contributed by atoms with E-state index in [1.807, 2.05) is 18.2 Å². The lowest BCUT2D eigenvalue weighted by molar-refractivity contribution is -0.116. The molecule has 0 aliphatic carbocycles. The topological polar surface area (TPSA) is 112 Å². The number of aryl methyl sites for hydroxylation is 1. The van der Waals surface area contributed by atoms with Crippen molar-refractivity contribution in [2.45, 2.75) is 13.5 Å². The molecule has 0 unspecified atom stereocenters. The molecule has 2 aromatic carbocycles. The zero-order chi connectivity index (χ0) is 24.2. The normalized spacial score (nSPS) is 10.7. The number of thiophene rings is 1. The third-order valence-corrected chi connectivity index (χ3v) is 6.35. The van der Waals surface area contributed by atoms with Crippen LogP contribution in [0.3, 0.4) is 0 Å². The van der Waals surface area contributed by atoms with Crippen LogP contribution in [-0.4, -0.2) is 35.6 Å². The highest BCUT2D eigenvalue weighted by Crippen LogP contribution is 2.29. The van der Waals surface area contributed by atoms with Gasteiger partial charge >= 0.3 is 0 Å². The summed E-state index contributed by atoms with van der Waals surface area (Å²) in [5.41, 5.74) is 1.19. The fourth-order valence-corrected chi connectivity index (χ4v) is 4.49. The molecule has 9 nitrogen and oxygen atoms in total. The number of anilines is 2. The second-order valence-corrected chi connectivity index (χ2v) is 8.35. The second kappa shape index (κ2) is 9.75. The molecule has 2 heterocycles. The van der Waals surface area contributed by atoms with Gasteiger partial charge in [0.15, 0.2) is 0 Å². The van der Waals surface area contributed by atoms with Gasteiger partial charge in [0.1, 0.15) is 22.9 Å². The molecule has 10 heteroatoms. The van der Waals surface area contributed by atoms with Crippen molar-refractivity contribution in [3.05, 3.63) is 75.7 Å². The zero-order valence-corrected chi connectivity index (χ0v) is 19.6. The third kappa shape index (κ3) is 4.62. The molecule has 34 heavy (non-hydrogen) atoms. The van der Waals surface area contributed by atoms with Crippen LogP contribution in [0.2, 0.25) is 0 Å². The molecule has 0 atom stereocenters. The minimum Gasteiger partial charge on any atom is -0.497 e. The van der Waals surface area contributed by atoms with E-state index >= 15 is 0 Å². The Bertz CT molecular complexity index is 1430. The smallest absolute Gasteiger partial charge is 0.266 e. The minimum atomic E-state index is -0.440. The van der Waals surface area contributed by atoms with Crippen LogP contribution >= 0.6 is 11.3 Å². The molecule has 4 rings (SSSR count). The van der Waals surface area contributed by atoms with Gasteiger partial charge in [0.2, 0.25) is 5.91 Å². The van der Waals surface area contributed by atoms with E-state index in [2.05, 4.69) is 15.6 Å². The number of methoxy groups -OCH3 is 2. The fraction of sp³-hybridized carbons (Fsp3) is 0.167. The minimum absolute atomic E-state index is 0.261. The molecule has 0 bridgehead atoms. The molecule has 4 aromatic rings. The maximum absolute atomic E-state index is 13.1. The Hall–Kier alpha value is -4.18. The first-order valence-electron chi connectivity index (χ1n) is 10.3. The van der Waals surface area contributed by atoms with E-state index in [9.17, 15) is 14.4 Å². The van der Waals surface area contributed by atoms with Crippen LogP contribution in [0.5, 0.6) is 11.5 Å². The van der Waals surface area contributed by atoms with E-state index < -0.39 is 11.5 Å². The number of benzene rings is 2. The monoisotopic (exact) mass is 478 g/mol. The Balaban J connectivity index is 1.58. The number of nitrogens with zero attached hydrogens (tertiary/aromatic N) is 2. The first kappa shape index (κ1) is 23.0. The second-order valence-electron chi connectivity index (χ2n) is 7.35. The Morgan fingerprint density at radius 2 is 1.82 bits per heavy atom. The zero-order valence-electron chi connectivity index (χ0n) is 18.7. The summed E-state index contributed by atoms with van der Waals surface area (Å²) in [5, 5.41) is 5.87. The van der Waals surface area contributed by atoms with E-state index in [4.69, 9.17) is 9.47 Å². The van der Waals surface area contributed by atoms with Crippen LogP contribution in [0.1, 0.15) is 15.2 Å². The summed E-state index contributed by atoms with van der Waals surface area (Å²) in [5.74, 6) is 0.245. The number of nitrogens with one attached hydrogen (secondary N) is 2. The lowest BCUT2D eigenvalue weighted by atomic mass is 10.2. The highest BCUT2D eigenvalue weighted by molar-refractivity contribution is 7.20. The highest BCUT2D eigenvalue weighted by atomic mass is 32.1. The first-order chi connectivity index (χ1) is 16.4. The molecule has 0 radical (unpaired) electrons. The summed E-state index contributed by atoms with van der Waals surface area (Å²) >= 11 is 1.14. The molecule has 0 aliphatic heterocycles. The Morgan fingerprint density at radius 1 is 1.06 bits per heavy atom. The molecule has 2 aromatic heterocycles. The number of fused-ring (bicyclic) bond motifs is 1. The van der Waals surface area contributed by atoms with Gasteiger partial charge in [-0.3, -0.25) is 19.0 Å². The standard InChI is InChI=1S/C24H22N4O5S/c1-14-20-23(34-21(14)22(30)26-15-7-5-4-6-8-15)25-13-28(24(20)31)12-19(29)27-17-11-16(32-2)9-10-18(17)33-3/h4-11,13H,12H2,1-3H3,(H,26,30)(H,27,29). The number of rotatable bonds is 7. The van der Waals surface area contributed by atoms with E-state index in [0.717, 1.165) is 11.3 Å². The average Bonchev–Trinajstić information content (AvgIpc) is 3.18. The number of carbonyl (C=O) groups is 2.